The van der Waals surface area contributed by atoms with Crippen LogP contribution in [0.5, 0.6) is 0 Å². The molecular formula is C17H19N5OS. The first-order valence-electron chi connectivity index (χ1n) is 7.51. The van der Waals surface area contributed by atoms with Gasteiger partial charge in [-0.15, -0.1) is 0 Å². The molecule has 0 radical (unpaired) electrons. The molecule has 1 atom stereocenters. The van der Waals surface area contributed by atoms with Crippen molar-refractivity contribution in [2.75, 3.05) is 19.0 Å². The number of nitrogens with one attached hydrogen (secondary N) is 1. The predicted molar refractivity (Wildman–Crippen MR) is 96.5 cm³/mol. The lowest BCUT2D eigenvalue weighted by Gasteiger charge is -2.20. The monoisotopic (exact) mass is 341 g/mol. The summed E-state index contributed by atoms with van der Waals surface area (Å²) in [7, 11) is 2.63. The number of hydrogen-bond donors (Lipinski definition) is 1. The smallest absolute Gasteiger partial charge is 0.157 e. The zero-order valence-corrected chi connectivity index (χ0v) is 14.7. The minimum absolute atomic E-state index is 0.644. The summed E-state index contributed by atoms with van der Waals surface area (Å²) >= 11 is 0. The largest absolute Gasteiger partial charge is 0.362 e. The van der Waals surface area contributed by atoms with Crippen LogP contribution in [-0.4, -0.2) is 38.4 Å². The number of fused-ring (bicyclic) bond motifs is 1. The number of aromatic nitrogens is 3. The van der Waals surface area contributed by atoms with Gasteiger partial charge in [0.15, 0.2) is 5.65 Å². The maximum Gasteiger partial charge on any atom is 0.157 e. The SMILES string of the molecule is Cc1cc2ncnn2c(N(C)C)c1Cc1ccc(S(=O)C=N)cc1. The summed E-state index contributed by atoms with van der Waals surface area (Å²) in [6, 6.07) is 9.58. The van der Waals surface area contributed by atoms with E-state index < -0.39 is 10.8 Å². The van der Waals surface area contributed by atoms with Gasteiger partial charge >= 0.3 is 0 Å². The van der Waals surface area contributed by atoms with E-state index in [9.17, 15) is 4.21 Å². The van der Waals surface area contributed by atoms with Gasteiger partial charge in [0.25, 0.3) is 0 Å². The summed E-state index contributed by atoms with van der Waals surface area (Å²) in [6.07, 6.45) is 2.31. The molecule has 0 bridgehead atoms. The Hall–Kier alpha value is -2.54. The second-order valence-electron chi connectivity index (χ2n) is 5.79. The van der Waals surface area contributed by atoms with Gasteiger partial charge in [0.05, 0.1) is 16.3 Å². The number of benzene rings is 1. The van der Waals surface area contributed by atoms with Crippen molar-refractivity contribution in [2.24, 2.45) is 0 Å². The Labute approximate surface area is 143 Å². The van der Waals surface area contributed by atoms with E-state index in [2.05, 4.69) is 17.0 Å². The topological polar surface area (TPSA) is 74.3 Å². The maximum absolute atomic E-state index is 11.6. The molecule has 2 aromatic heterocycles. The Kier molecular flexibility index (Phi) is 4.44. The van der Waals surface area contributed by atoms with Crippen LogP contribution < -0.4 is 4.90 Å². The van der Waals surface area contributed by atoms with Crippen molar-refractivity contribution in [1.82, 2.24) is 14.6 Å². The average Bonchev–Trinajstić information content (AvgIpc) is 3.02. The molecule has 0 spiro atoms. The highest BCUT2D eigenvalue weighted by Gasteiger charge is 2.15. The zero-order chi connectivity index (χ0) is 17.3. The van der Waals surface area contributed by atoms with Crippen LogP contribution in [0, 0.1) is 12.3 Å². The molecule has 6 nitrogen and oxygen atoms in total. The number of rotatable bonds is 5. The number of nitrogens with zero attached hydrogens (tertiary/aromatic N) is 4. The van der Waals surface area contributed by atoms with Crippen molar-refractivity contribution in [3.05, 3.63) is 53.3 Å². The zero-order valence-electron chi connectivity index (χ0n) is 13.9. The molecular weight excluding hydrogens is 322 g/mol. The minimum Gasteiger partial charge on any atom is -0.362 e. The van der Waals surface area contributed by atoms with Gasteiger partial charge in [-0.25, -0.2) is 9.19 Å². The van der Waals surface area contributed by atoms with Crippen LogP contribution in [0.4, 0.5) is 5.82 Å². The Morgan fingerprint density at radius 3 is 2.62 bits per heavy atom. The van der Waals surface area contributed by atoms with Crippen molar-refractivity contribution in [2.45, 2.75) is 18.2 Å². The van der Waals surface area contributed by atoms with Gasteiger partial charge in [0, 0.05) is 31.0 Å². The molecule has 24 heavy (non-hydrogen) atoms. The fourth-order valence-corrected chi connectivity index (χ4v) is 3.33. The van der Waals surface area contributed by atoms with Crippen LogP contribution in [-0.2, 0) is 17.2 Å². The average molecular weight is 341 g/mol. The first-order chi connectivity index (χ1) is 11.5. The fourth-order valence-electron chi connectivity index (χ4n) is 2.79. The third kappa shape index (κ3) is 2.94. The van der Waals surface area contributed by atoms with Crippen LogP contribution in [0.1, 0.15) is 16.7 Å². The number of hydrogen-bond acceptors (Lipinski definition) is 5. The lowest BCUT2D eigenvalue weighted by molar-refractivity contribution is 0.690. The van der Waals surface area contributed by atoms with E-state index in [1.165, 1.54) is 5.56 Å². The van der Waals surface area contributed by atoms with Crippen molar-refractivity contribution in [1.29, 1.82) is 5.41 Å². The Morgan fingerprint density at radius 2 is 2.00 bits per heavy atom. The van der Waals surface area contributed by atoms with Gasteiger partial charge in [0.2, 0.25) is 0 Å². The molecule has 1 unspecified atom stereocenters. The number of aryl methyl sites for hydroxylation is 1. The van der Waals surface area contributed by atoms with Gasteiger partial charge in [-0.2, -0.15) is 9.61 Å². The summed E-state index contributed by atoms with van der Waals surface area (Å²) in [5.41, 5.74) is 5.23. The highest BCUT2D eigenvalue weighted by Crippen LogP contribution is 2.26. The van der Waals surface area contributed by atoms with Crippen molar-refractivity contribution >= 4 is 27.8 Å². The van der Waals surface area contributed by atoms with Gasteiger partial charge in [-0.1, -0.05) is 12.1 Å². The molecule has 7 heteroatoms. The Balaban J connectivity index is 2.03. The van der Waals surface area contributed by atoms with Gasteiger partial charge in [-0.3, -0.25) is 5.41 Å². The second-order valence-corrected chi connectivity index (χ2v) is 7.09. The summed E-state index contributed by atoms with van der Waals surface area (Å²) in [5.74, 6) is 1.01. The number of pyridine rings is 1. The second kappa shape index (κ2) is 6.52. The first-order valence-corrected chi connectivity index (χ1v) is 8.72. The summed E-state index contributed by atoms with van der Waals surface area (Å²) in [4.78, 5) is 6.97. The molecule has 3 rings (SSSR count). The molecule has 3 aromatic rings. The van der Waals surface area contributed by atoms with Crippen molar-refractivity contribution < 1.29 is 4.21 Å². The van der Waals surface area contributed by atoms with E-state index >= 15 is 0 Å². The molecule has 0 amide bonds. The molecule has 2 heterocycles. The van der Waals surface area contributed by atoms with E-state index in [4.69, 9.17) is 5.41 Å². The molecule has 0 saturated carbocycles. The molecule has 0 aliphatic carbocycles. The van der Waals surface area contributed by atoms with E-state index in [1.807, 2.05) is 53.8 Å². The molecule has 1 N–H and O–H groups in total. The fraction of sp³-hybridized carbons (Fsp3) is 0.235. The van der Waals surface area contributed by atoms with E-state index in [-0.39, 0.29) is 0 Å². The third-order valence-electron chi connectivity index (χ3n) is 3.93. The predicted octanol–water partition coefficient (Wildman–Crippen LogP) is 2.41. The molecule has 0 aliphatic rings. The van der Waals surface area contributed by atoms with Gasteiger partial charge in [-0.05, 0) is 36.2 Å². The molecule has 0 fully saturated rings. The highest BCUT2D eigenvalue weighted by molar-refractivity contribution is 7.98. The Bertz CT molecular complexity index is 915. The Morgan fingerprint density at radius 1 is 1.29 bits per heavy atom. The minimum atomic E-state index is -1.36. The van der Waals surface area contributed by atoms with E-state index in [1.54, 1.807) is 6.33 Å². The van der Waals surface area contributed by atoms with Crippen LogP contribution in [0.3, 0.4) is 0 Å². The van der Waals surface area contributed by atoms with Gasteiger partial charge in [0.1, 0.15) is 12.1 Å². The molecule has 124 valence electrons. The van der Waals surface area contributed by atoms with Crippen molar-refractivity contribution in [3.63, 3.8) is 0 Å². The van der Waals surface area contributed by atoms with Crippen LogP contribution in [0.2, 0.25) is 0 Å². The normalized spacial score (nSPS) is 12.3. The quantitative estimate of drug-likeness (QED) is 0.571. The van der Waals surface area contributed by atoms with Gasteiger partial charge < -0.3 is 4.90 Å². The summed E-state index contributed by atoms with van der Waals surface area (Å²) < 4.78 is 13.5. The lowest BCUT2D eigenvalue weighted by Crippen LogP contribution is -2.17. The highest BCUT2D eigenvalue weighted by atomic mass is 32.2. The van der Waals surface area contributed by atoms with Crippen molar-refractivity contribution in [3.8, 4) is 0 Å². The standard InChI is InChI=1S/C17H19N5OS/c1-12-8-16-19-11-20-22(16)17(21(2)3)15(12)9-13-4-6-14(7-5-13)24(23)10-18/h4-8,10-11,18H,9H2,1-3H3. The van der Waals surface area contributed by atoms with E-state index in [0.29, 0.717) is 4.90 Å². The maximum atomic E-state index is 11.6. The first kappa shape index (κ1) is 16.3. The van der Waals surface area contributed by atoms with Crippen LogP contribution in [0.15, 0.2) is 41.6 Å². The lowest BCUT2D eigenvalue weighted by atomic mass is 10.0. The summed E-state index contributed by atoms with van der Waals surface area (Å²) in [5, 5.41) is 11.4. The summed E-state index contributed by atoms with van der Waals surface area (Å²) in [6.45, 7) is 2.08. The van der Waals surface area contributed by atoms with Crippen LogP contribution >= 0.6 is 0 Å². The van der Waals surface area contributed by atoms with E-state index in [0.717, 1.165) is 34.6 Å². The van der Waals surface area contributed by atoms with Crippen LogP contribution in [0.25, 0.3) is 5.65 Å². The number of anilines is 1. The molecule has 0 saturated heterocycles. The molecule has 1 aromatic carbocycles. The third-order valence-corrected chi connectivity index (χ3v) is 4.88. The molecule has 0 aliphatic heterocycles.